The molecule has 4 aliphatic carbocycles. The Balaban J connectivity index is 1.55. The van der Waals surface area contributed by atoms with Crippen molar-refractivity contribution in [3.8, 4) is 0 Å². The summed E-state index contributed by atoms with van der Waals surface area (Å²) in [5.74, 6) is 3.41. The molecule has 0 radical (unpaired) electrons. The highest BCUT2D eigenvalue weighted by Gasteiger charge is 2.62. The monoisotopic (exact) mass is 389 g/mol. The van der Waals surface area contributed by atoms with Crippen LogP contribution in [-0.4, -0.2) is 17.2 Å². The SMILES string of the molecule is C[C@@H]1CC[C@@]2(C)C(C1)C[C@H](O)C1C2CC[C@@]2(C)C1CC[C@@H]2[C@H](C)CCC(=O)[O-]. The normalized spacial score (nSPS) is 51.7. The largest absolute Gasteiger partial charge is 0.550 e. The zero-order chi connectivity index (χ0) is 20.3. The third-order valence-corrected chi connectivity index (χ3v) is 10.5. The van der Waals surface area contributed by atoms with E-state index in [4.69, 9.17) is 0 Å². The minimum Gasteiger partial charge on any atom is -0.550 e. The Morgan fingerprint density at radius 1 is 1.07 bits per heavy atom. The van der Waals surface area contributed by atoms with E-state index in [9.17, 15) is 15.0 Å². The fraction of sp³-hybridized carbons (Fsp3) is 0.960. The molecule has 0 aromatic carbocycles. The Labute approximate surface area is 171 Å². The molecule has 4 saturated carbocycles. The van der Waals surface area contributed by atoms with Crippen LogP contribution in [0, 0.1) is 52.3 Å². The van der Waals surface area contributed by atoms with Gasteiger partial charge in [-0.3, -0.25) is 0 Å². The van der Waals surface area contributed by atoms with Crippen molar-refractivity contribution in [3.05, 3.63) is 0 Å². The highest BCUT2D eigenvalue weighted by atomic mass is 16.4. The van der Waals surface area contributed by atoms with Gasteiger partial charge in [-0.1, -0.05) is 34.1 Å². The third kappa shape index (κ3) is 3.15. The van der Waals surface area contributed by atoms with Crippen LogP contribution in [-0.2, 0) is 4.79 Å². The lowest BCUT2D eigenvalue weighted by Gasteiger charge is -2.62. The number of hydrogen-bond donors (Lipinski definition) is 1. The smallest absolute Gasteiger partial charge is 0.0577 e. The molecule has 1 N–H and O–H groups in total. The van der Waals surface area contributed by atoms with E-state index in [1.54, 1.807) is 0 Å². The van der Waals surface area contributed by atoms with E-state index in [0.717, 1.165) is 18.8 Å². The van der Waals surface area contributed by atoms with Gasteiger partial charge in [-0.15, -0.1) is 0 Å². The summed E-state index contributed by atoms with van der Waals surface area (Å²) in [5.41, 5.74) is 0.703. The van der Waals surface area contributed by atoms with E-state index < -0.39 is 5.97 Å². The average Bonchev–Trinajstić information content (AvgIpc) is 2.98. The summed E-state index contributed by atoms with van der Waals surface area (Å²) in [6.07, 6.45) is 10.8. The van der Waals surface area contributed by atoms with Gasteiger partial charge < -0.3 is 15.0 Å². The lowest BCUT2D eigenvalue weighted by Crippen LogP contribution is -2.58. The zero-order valence-corrected chi connectivity index (χ0v) is 18.5. The summed E-state index contributed by atoms with van der Waals surface area (Å²) in [4.78, 5) is 11.0. The Morgan fingerprint density at radius 2 is 1.75 bits per heavy atom. The third-order valence-electron chi connectivity index (χ3n) is 10.5. The number of hydrogen-bond acceptors (Lipinski definition) is 3. The van der Waals surface area contributed by atoms with Gasteiger partial charge in [0.25, 0.3) is 0 Å². The summed E-state index contributed by atoms with van der Waals surface area (Å²) in [7, 11) is 0. The molecule has 4 unspecified atom stereocenters. The summed E-state index contributed by atoms with van der Waals surface area (Å²) in [6.45, 7) is 9.69. The lowest BCUT2D eigenvalue weighted by atomic mass is 9.43. The molecule has 4 fully saturated rings. The van der Waals surface area contributed by atoms with Crippen LogP contribution in [0.4, 0.5) is 0 Å². The van der Waals surface area contributed by atoms with E-state index in [1.165, 1.54) is 44.9 Å². The van der Waals surface area contributed by atoms with Gasteiger partial charge in [0.15, 0.2) is 0 Å². The van der Waals surface area contributed by atoms with Crippen LogP contribution in [0.1, 0.15) is 91.9 Å². The highest BCUT2D eigenvalue weighted by molar-refractivity contribution is 5.64. The van der Waals surface area contributed by atoms with Gasteiger partial charge in [0, 0.05) is 5.97 Å². The highest BCUT2D eigenvalue weighted by Crippen LogP contribution is 2.68. The zero-order valence-electron chi connectivity index (χ0n) is 18.5. The maximum atomic E-state index is 11.3. The molecule has 28 heavy (non-hydrogen) atoms. The van der Waals surface area contributed by atoms with E-state index in [-0.39, 0.29) is 17.9 Å². The number of carbonyl (C=O) groups excluding carboxylic acids is 1. The first-order valence-corrected chi connectivity index (χ1v) is 12.0. The van der Waals surface area contributed by atoms with Gasteiger partial charge in [0.2, 0.25) is 0 Å². The predicted molar refractivity (Wildman–Crippen MR) is 109 cm³/mol. The quantitative estimate of drug-likeness (QED) is 0.774. The second kappa shape index (κ2) is 7.29. The van der Waals surface area contributed by atoms with Crippen molar-refractivity contribution in [3.63, 3.8) is 0 Å². The van der Waals surface area contributed by atoms with Crippen molar-refractivity contribution in [2.24, 2.45) is 52.3 Å². The molecule has 0 aliphatic heterocycles. The first kappa shape index (κ1) is 20.7. The van der Waals surface area contributed by atoms with E-state index >= 15 is 0 Å². The van der Waals surface area contributed by atoms with Crippen LogP contribution in [0.5, 0.6) is 0 Å². The van der Waals surface area contributed by atoms with Crippen LogP contribution < -0.4 is 5.11 Å². The van der Waals surface area contributed by atoms with Crippen molar-refractivity contribution in [2.75, 3.05) is 0 Å². The lowest BCUT2D eigenvalue weighted by molar-refractivity contribution is -0.306. The molecule has 0 bridgehead atoms. The number of aliphatic carboxylic acids is 1. The van der Waals surface area contributed by atoms with Gasteiger partial charge >= 0.3 is 0 Å². The molecule has 0 spiro atoms. The molecule has 3 nitrogen and oxygen atoms in total. The van der Waals surface area contributed by atoms with Crippen LogP contribution in [0.25, 0.3) is 0 Å². The summed E-state index contributed by atoms with van der Waals surface area (Å²) >= 11 is 0. The van der Waals surface area contributed by atoms with Crippen molar-refractivity contribution in [1.82, 2.24) is 0 Å². The maximum Gasteiger partial charge on any atom is 0.0577 e. The fourth-order valence-corrected chi connectivity index (χ4v) is 8.96. The van der Waals surface area contributed by atoms with Crippen molar-refractivity contribution in [2.45, 2.75) is 98.0 Å². The van der Waals surface area contributed by atoms with Gasteiger partial charge in [-0.05, 0) is 110 Å². The first-order valence-electron chi connectivity index (χ1n) is 12.0. The molecule has 0 aromatic heterocycles. The van der Waals surface area contributed by atoms with Crippen molar-refractivity contribution in [1.29, 1.82) is 0 Å². The van der Waals surface area contributed by atoms with Gasteiger partial charge in [0.05, 0.1) is 6.10 Å². The van der Waals surface area contributed by atoms with Crippen LogP contribution >= 0.6 is 0 Å². The molecule has 10 atom stereocenters. The number of fused-ring (bicyclic) bond motifs is 5. The number of aliphatic hydroxyl groups excluding tert-OH is 1. The molecular weight excluding hydrogens is 348 g/mol. The summed E-state index contributed by atoms with van der Waals surface area (Å²) in [6, 6.07) is 0. The first-order chi connectivity index (χ1) is 13.2. The van der Waals surface area contributed by atoms with E-state index in [0.29, 0.717) is 40.9 Å². The molecule has 3 heteroatoms. The molecule has 0 amide bonds. The topological polar surface area (TPSA) is 60.4 Å². The molecule has 0 saturated heterocycles. The Bertz CT molecular complexity index is 603. The minimum atomic E-state index is -0.913. The summed E-state index contributed by atoms with van der Waals surface area (Å²) in [5, 5.41) is 22.3. The number of carbonyl (C=O) groups is 1. The maximum absolute atomic E-state index is 11.3. The van der Waals surface area contributed by atoms with Gasteiger partial charge in [-0.25, -0.2) is 0 Å². The second-order valence-electron chi connectivity index (χ2n) is 11.8. The molecular formula is C25H41O3-. The van der Waals surface area contributed by atoms with E-state index in [2.05, 4.69) is 27.7 Å². The Morgan fingerprint density at radius 3 is 2.46 bits per heavy atom. The molecule has 4 aliphatic rings. The Hall–Kier alpha value is -0.570. The average molecular weight is 390 g/mol. The van der Waals surface area contributed by atoms with Crippen LogP contribution in [0.3, 0.4) is 0 Å². The van der Waals surface area contributed by atoms with Crippen LogP contribution in [0.2, 0.25) is 0 Å². The standard InChI is InChI=1S/C25H42O3/c1-15-9-11-24(3)17(13-15)14-21(26)23-19-7-6-18(16(2)5-8-22(27)28)25(19,4)12-10-20(23)24/h15-21,23,26H,5-14H2,1-4H3,(H,27,28)/p-1/t15-,16-,17?,18-,19?,20?,21+,23?,24+,25-/m1/s1. The molecule has 0 aromatic rings. The number of rotatable bonds is 4. The molecule has 0 heterocycles. The summed E-state index contributed by atoms with van der Waals surface area (Å²) < 4.78 is 0. The van der Waals surface area contributed by atoms with Crippen molar-refractivity contribution < 1.29 is 15.0 Å². The van der Waals surface area contributed by atoms with Gasteiger partial charge in [0.1, 0.15) is 0 Å². The molecule has 4 rings (SSSR count). The van der Waals surface area contributed by atoms with E-state index in [1.807, 2.05) is 0 Å². The van der Waals surface area contributed by atoms with Gasteiger partial charge in [-0.2, -0.15) is 0 Å². The number of carboxylic acids is 1. The second-order valence-corrected chi connectivity index (χ2v) is 11.8. The van der Waals surface area contributed by atoms with Crippen molar-refractivity contribution >= 4 is 5.97 Å². The number of aliphatic hydroxyl groups is 1. The Kier molecular flexibility index (Phi) is 5.39. The van der Waals surface area contributed by atoms with Crippen LogP contribution in [0.15, 0.2) is 0 Å². The number of carboxylic acid groups (broad SMARTS) is 1. The minimum absolute atomic E-state index is 0.129. The molecule has 160 valence electrons. The fourth-order valence-electron chi connectivity index (χ4n) is 8.96. The predicted octanol–water partition coefficient (Wildman–Crippen LogP) is 4.42.